The van der Waals surface area contributed by atoms with Gasteiger partial charge >= 0.3 is 0 Å². The van der Waals surface area contributed by atoms with E-state index in [0.29, 0.717) is 16.5 Å². The van der Waals surface area contributed by atoms with Crippen LogP contribution in [0.2, 0.25) is 5.02 Å². The lowest BCUT2D eigenvalue weighted by atomic mass is 10.1. The Bertz CT molecular complexity index is 962. The smallest absolute Gasteiger partial charge is 0.259 e. The molecule has 0 aliphatic rings. The van der Waals surface area contributed by atoms with E-state index in [4.69, 9.17) is 16.0 Å². The predicted molar refractivity (Wildman–Crippen MR) is 109 cm³/mol. The van der Waals surface area contributed by atoms with E-state index in [-0.39, 0.29) is 12.5 Å². The Morgan fingerprint density at radius 1 is 1.07 bits per heavy atom. The summed E-state index contributed by atoms with van der Waals surface area (Å²) >= 11 is 5.88. The molecular formula is C21H20ClN3O2. The normalized spacial score (nSPS) is 10.9. The zero-order valence-corrected chi connectivity index (χ0v) is 15.9. The van der Waals surface area contributed by atoms with Crippen molar-refractivity contribution in [3.05, 3.63) is 76.5 Å². The topological polar surface area (TPSA) is 66.6 Å². The zero-order valence-electron chi connectivity index (χ0n) is 15.1. The first kappa shape index (κ1) is 18.7. The van der Waals surface area contributed by atoms with Gasteiger partial charge in [0, 0.05) is 16.3 Å². The fraction of sp³-hybridized carbons (Fsp3) is 0.143. The Morgan fingerprint density at radius 2 is 1.85 bits per heavy atom. The largest absolute Gasteiger partial charge is 0.455 e. The van der Waals surface area contributed by atoms with Gasteiger partial charge < -0.3 is 9.73 Å². The minimum absolute atomic E-state index is 0.133. The van der Waals surface area contributed by atoms with Crippen molar-refractivity contribution < 1.29 is 9.21 Å². The molecule has 0 saturated heterocycles. The van der Waals surface area contributed by atoms with Crippen molar-refractivity contribution in [1.82, 2.24) is 5.43 Å². The number of carbonyl (C=O) groups is 1. The second-order valence-electron chi connectivity index (χ2n) is 6.15. The van der Waals surface area contributed by atoms with Crippen LogP contribution >= 0.6 is 11.6 Å². The Morgan fingerprint density at radius 3 is 2.59 bits per heavy atom. The second kappa shape index (κ2) is 8.56. The Balaban J connectivity index is 1.50. The van der Waals surface area contributed by atoms with Crippen molar-refractivity contribution >= 4 is 29.4 Å². The van der Waals surface area contributed by atoms with E-state index in [1.807, 2.05) is 50.2 Å². The first-order chi connectivity index (χ1) is 13.0. The lowest BCUT2D eigenvalue weighted by Gasteiger charge is -2.07. The molecule has 0 aliphatic carbocycles. The number of rotatable bonds is 6. The lowest BCUT2D eigenvalue weighted by molar-refractivity contribution is -0.119. The van der Waals surface area contributed by atoms with Crippen LogP contribution in [0.1, 0.15) is 16.9 Å². The summed E-state index contributed by atoms with van der Waals surface area (Å²) in [6.07, 6.45) is 1.47. The van der Waals surface area contributed by atoms with Crippen LogP contribution in [0.3, 0.4) is 0 Å². The maximum atomic E-state index is 11.9. The number of anilines is 1. The number of carbonyl (C=O) groups excluding carboxylic acids is 1. The van der Waals surface area contributed by atoms with Gasteiger partial charge in [0.05, 0.1) is 12.8 Å². The standard InChI is InChI=1S/C21H20ClN3O2/c1-14-3-8-18(11-15(14)2)23-13-21(26)25-24-12-19-9-10-20(27-19)16-4-6-17(22)7-5-16/h3-12,23H,13H2,1-2H3,(H,25,26)/b24-12+. The molecule has 0 atom stereocenters. The van der Waals surface area contributed by atoms with E-state index >= 15 is 0 Å². The van der Waals surface area contributed by atoms with Crippen molar-refractivity contribution in [3.63, 3.8) is 0 Å². The molecule has 0 spiro atoms. The zero-order chi connectivity index (χ0) is 19.2. The Kier molecular flexibility index (Phi) is 5.94. The van der Waals surface area contributed by atoms with Gasteiger partial charge in [0.1, 0.15) is 11.5 Å². The molecule has 0 saturated carbocycles. The minimum Gasteiger partial charge on any atom is -0.455 e. The number of hydrazone groups is 1. The molecule has 0 radical (unpaired) electrons. The van der Waals surface area contributed by atoms with E-state index in [2.05, 4.69) is 15.8 Å². The summed E-state index contributed by atoms with van der Waals surface area (Å²) in [6, 6.07) is 17.0. The van der Waals surface area contributed by atoms with Gasteiger partial charge in [0.15, 0.2) is 0 Å². The van der Waals surface area contributed by atoms with Crippen LogP contribution in [-0.4, -0.2) is 18.7 Å². The van der Waals surface area contributed by atoms with Gasteiger partial charge in [-0.1, -0.05) is 17.7 Å². The maximum Gasteiger partial charge on any atom is 0.259 e. The summed E-state index contributed by atoms with van der Waals surface area (Å²) < 4.78 is 5.69. The maximum absolute atomic E-state index is 11.9. The highest BCUT2D eigenvalue weighted by atomic mass is 35.5. The number of benzene rings is 2. The third-order valence-corrected chi connectivity index (χ3v) is 4.35. The number of hydrogen-bond donors (Lipinski definition) is 2. The van der Waals surface area contributed by atoms with Crippen LogP contribution in [0.4, 0.5) is 5.69 Å². The highest BCUT2D eigenvalue weighted by Crippen LogP contribution is 2.23. The van der Waals surface area contributed by atoms with E-state index in [9.17, 15) is 4.79 Å². The number of nitrogens with one attached hydrogen (secondary N) is 2. The third-order valence-electron chi connectivity index (χ3n) is 4.10. The highest BCUT2D eigenvalue weighted by Gasteiger charge is 2.04. The van der Waals surface area contributed by atoms with Gasteiger partial charge in [-0.3, -0.25) is 4.79 Å². The molecule has 0 fully saturated rings. The predicted octanol–water partition coefficient (Wildman–Crippen LogP) is 4.78. The van der Waals surface area contributed by atoms with E-state index < -0.39 is 0 Å². The van der Waals surface area contributed by atoms with Gasteiger partial charge in [-0.05, 0) is 73.5 Å². The van der Waals surface area contributed by atoms with Crippen LogP contribution in [0.15, 0.2) is 64.1 Å². The van der Waals surface area contributed by atoms with Crippen molar-refractivity contribution in [1.29, 1.82) is 0 Å². The van der Waals surface area contributed by atoms with Crippen LogP contribution in [0.5, 0.6) is 0 Å². The average Bonchev–Trinajstić information content (AvgIpc) is 3.12. The molecule has 2 aromatic carbocycles. The monoisotopic (exact) mass is 381 g/mol. The molecular weight excluding hydrogens is 362 g/mol. The van der Waals surface area contributed by atoms with Gasteiger partial charge in [-0.15, -0.1) is 0 Å². The van der Waals surface area contributed by atoms with Crippen LogP contribution in [-0.2, 0) is 4.79 Å². The van der Waals surface area contributed by atoms with Crippen molar-refractivity contribution in [2.75, 3.05) is 11.9 Å². The van der Waals surface area contributed by atoms with Crippen LogP contribution in [0, 0.1) is 13.8 Å². The van der Waals surface area contributed by atoms with Crippen molar-refractivity contribution in [3.8, 4) is 11.3 Å². The summed E-state index contributed by atoms with van der Waals surface area (Å²) in [5.74, 6) is 1.01. The van der Waals surface area contributed by atoms with E-state index in [1.54, 1.807) is 18.2 Å². The SMILES string of the molecule is Cc1ccc(NCC(=O)N/N=C/c2ccc(-c3ccc(Cl)cc3)o2)cc1C. The van der Waals surface area contributed by atoms with E-state index in [0.717, 1.165) is 11.3 Å². The van der Waals surface area contributed by atoms with Crippen LogP contribution < -0.4 is 10.7 Å². The Labute approximate surface area is 163 Å². The third kappa shape index (κ3) is 5.21. The summed E-state index contributed by atoms with van der Waals surface area (Å²) in [6.45, 7) is 4.22. The molecule has 5 nitrogen and oxygen atoms in total. The van der Waals surface area contributed by atoms with E-state index in [1.165, 1.54) is 17.3 Å². The Hall–Kier alpha value is -3.05. The molecule has 0 aliphatic heterocycles. The molecule has 1 amide bonds. The first-order valence-electron chi connectivity index (χ1n) is 8.50. The number of furan rings is 1. The number of halogens is 1. The van der Waals surface area contributed by atoms with Gasteiger partial charge in [-0.25, -0.2) is 5.43 Å². The van der Waals surface area contributed by atoms with Gasteiger partial charge in [0.25, 0.3) is 5.91 Å². The van der Waals surface area contributed by atoms with Crippen LogP contribution in [0.25, 0.3) is 11.3 Å². The fourth-order valence-electron chi connectivity index (χ4n) is 2.43. The summed E-state index contributed by atoms with van der Waals surface area (Å²) in [4.78, 5) is 11.9. The molecule has 6 heteroatoms. The highest BCUT2D eigenvalue weighted by molar-refractivity contribution is 6.30. The minimum atomic E-state index is -0.242. The average molecular weight is 382 g/mol. The van der Waals surface area contributed by atoms with Gasteiger partial charge in [-0.2, -0.15) is 5.10 Å². The molecule has 3 rings (SSSR count). The van der Waals surface area contributed by atoms with Gasteiger partial charge in [0.2, 0.25) is 0 Å². The molecule has 0 bridgehead atoms. The van der Waals surface area contributed by atoms with Crippen molar-refractivity contribution in [2.24, 2.45) is 5.10 Å². The molecule has 0 unspecified atom stereocenters. The molecule has 138 valence electrons. The molecule has 1 aromatic heterocycles. The number of hydrogen-bond acceptors (Lipinski definition) is 4. The number of nitrogens with zero attached hydrogens (tertiary/aromatic N) is 1. The second-order valence-corrected chi connectivity index (χ2v) is 6.59. The quantitative estimate of drug-likeness (QED) is 0.477. The summed E-state index contributed by atoms with van der Waals surface area (Å²) in [5, 5.41) is 7.67. The number of amides is 1. The molecule has 3 aromatic rings. The molecule has 2 N–H and O–H groups in total. The first-order valence-corrected chi connectivity index (χ1v) is 8.88. The molecule has 1 heterocycles. The van der Waals surface area contributed by atoms with Crippen molar-refractivity contribution in [2.45, 2.75) is 13.8 Å². The number of aryl methyl sites for hydroxylation is 2. The molecule has 27 heavy (non-hydrogen) atoms. The summed E-state index contributed by atoms with van der Waals surface area (Å²) in [7, 11) is 0. The lowest BCUT2D eigenvalue weighted by Crippen LogP contribution is -2.25. The summed E-state index contributed by atoms with van der Waals surface area (Å²) in [5.41, 5.74) is 6.68. The fourth-order valence-corrected chi connectivity index (χ4v) is 2.56.